The molecule has 1 aliphatic carbocycles. The summed E-state index contributed by atoms with van der Waals surface area (Å²) < 4.78 is 5.45. The second kappa shape index (κ2) is 6.37. The Morgan fingerprint density at radius 1 is 1.32 bits per heavy atom. The molecule has 0 aromatic rings. The summed E-state index contributed by atoms with van der Waals surface area (Å²) in [4.78, 5) is 23.7. The van der Waals surface area contributed by atoms with Crippen molar-refractivity contribution in [2.75, 3.05) is 13.2 Å². The van der Waals surface area contributed by atoms with Crippen LogP contribution in [0, 0.1) is 11.8 Å². The van der Waals surface area contributed by atoms with Gasteiger partial charge < -0.3 is 15.4 Å². The monoisotopic (exact) mass is 268 g/mol. The molecular formula is C14H24N2O3. The van der Waals surface area contributed by atoms with Crippen LogP contribution in [0.15, 0.2) is 0 Å². The third-order valence-electron chi connectivity index (χ3n) is 3.99. The van der Waals surface area contributed by atoms with Gasteiger partial charge in [0.1, 0.15) is 0 Å². The molecule has 108 valence electrons. The van der Waals surface area contributed by atoms with E-state index in [1.54, 1.807) is 0 Å². The SMILES string of the molecule is CCC(C)NC(=O)C1CC1C(=O)NCC1CCCO1. The summed E-state index contributed by atoms with van der Waals surface area (Å²) in [5, 5.41) is 5.82. The smallest absolute Gasteiger partial charge is 0.224 e. The van der Waals surface area contributed by atoms with Crippen molar-refractivity contribution in [3.63, 3.8) is 0 Å². The highest BCUT2D eigenvalue weighted by atomic mass is 16.5. The zero-order valence-corrected chi connectivity index (χ0v) is 11.8. The van der Waals surface area contributed by atoms with Crippen LogP contribution in [0.1, 0.15) is 39.5 Å². The molecule has 2 N–H and O–H groups in total. The van der Waals surface area contributed by atoms with Gasteiger partial charge in [-0.1, -0.05) is 6.92 Å². The second-order valence-corrected chi connectivity index (χ2v) is 5.65. The van der Waals surface area contributed by atoms with E-state index in [0.29, 0.717) is 13.0 Å². The Hall–Kier alpha value is -1.10. The predicted octanol–water partition coefficient (Wildman–Crippen LogP) is 0.832. The molecule has 0 aromatic carbocycles. The van der Waals surface area contributed by atoms with Crippen LogP contribution in [-0.4, -0.2) is 37.1 Å². The summed E-state index contributed by atoms with van der Waals surface area (Å²) in [5.41, 5.74) is 0. The highest BCUT2D eigenvalue weighted by Crippen LogP contribution is 2.38. The normalized spacial score (nSPS) is 30.7. The summed E-state index contributed by atoms with van der Waals surface area (Å²) >= 11 is 0. The molecule has 4 unspecified atom stereocenters. The molecule has 0 spiro atoms. The van der Waals surface area contributed by atoms with E-state index < -0.39 is 0 Å². The van der Waals surface area contributed by atoms with Crippen LogP contribution in [0.4, 0.5) is 0 Å². The number of nitrogens with one attached hydrogen (secondary N) is 2. The lowest BCUT2D eigenvalue weighted by Crippen LogP contribution is -2.36. The molecular weight excluding hydrogens is 244 g/mol. The number of carbonyl (C=O) groups is 2. The number of amides is 2. The van der Waals surface area contributed by atoms with Gasteiger partial charge in [0.2, 0.25) is 11.8 Å². The summed E-state index contributed by atoms with van der Waals surface area (Å²) in [5.74, 6) is -0.240. The lowest BCUT2D eigenvalue weighted by Gasteiger charge is -2.12. The lowest BCUT2D eigenvalue weighted by atomic mass is 10.2. The highest BCUT2D eigenvalue weighted by molar-refractivity contribution is 5.92. The molecule has 4 atom stereocenters. The molecule has 1 saturated heterocycles. The molecule has 0 aromatic heterocycles. The van der Waals surface area contributed by atoms with E-state index in [9.17, 15) is 9.59 Å². The fourth-order valence-electron chi connectivity index (χ4n) is 2.38. The first kappa shape index (κ1) is 14.3. The Morgan fingerprint density at radius 2 is 2.05 bits per heavy atom. The van der Waals surface area contributed by atoms with Crippen molar-refractivity contribution in [3.05, 3.63) is 0 Å². The number of rotatable bonds is 6. The first-order valence-electron chi connectivity index (χ1n) is 7.31. The van der Waals surface area contributed by atoms with E-state index in [0.717, 1.165) is 25.9 Å². The van der Waals surface area contributed by atoms with Crippen LogP contribution in [0.25, 0.3) is 0 Å². The fourth-order valence-corrected chi connectivity index (χ4v) is 2.38. The molecule has 2 fully saturated rings. The van der Waals surface area contributed by atoms with Crippen molar-refractivity contribution in [1.82, 2.24) is 10.6 Å². The second-order valence-electron chi connectivity index (χ2n) is 5.65. The summed E-state index contributed by atoms with van der Waals surface area (Å²) in [6, 6.07) is 0.184. The van der Waals surface area contributed by atoms with Crippen molar-refractivity contribution in [1.29, 1.82) is 0 Å². The van der Waals surface area contributed by atoms with E-state index in [1.165, 1.54) is 0 Å². The molecule has 19 heavy (non-hydrogen) atoms. The minimum atomic E-state index is -0.134. The van der Waals surface area contributed by atoms with E-state index in [4.69, 9.17) is 4.74 Å². The maximum atomic E-state index is 11.9. The zero-order valence-electron chi connectivity index (χ0n) is 11.8. The van der Waals surface area contributed by atoms with Crippen LogP contribution in [0.2, 0.25) is 0 Å². The Kier molecular flexibility index (Phi) is 4.80. The molecule has 1 aliphatic heterocycles. The van der Waals surface area contributed by atoms with Gasteiger partial charge in [-0.3, -0.25) is 9.59 Å². The molecule has 2 amide bonds. The molecule has 5 nitrogen and oxygen atoms in total. The number of carbonyl (C=O) groups excluding carboxylic acids is 2. The zero-order chi connectivity index (χ0) is 13.8. The van der Waals surface area contributed by atoms with E-state index in [2.05, 4.69) is 10.6 Å². The van der Waals surface area contributed by atoms with Crippen LogP contribution < -0.4 is 10.6 Å². The molecule has 2 aliphatic rings. The number of ether oxygens (including phenoxy) is 1. The van der Waals surface area contributed by atoms with Crippen LogP contribution in [0.3, 0.4) is 0 Å². The first-order chi connectivity index (χ1) is 9.11. The van der Waals surface area contributed by atoms with E-state index in [-0.39, 0.29) is 35.8 Å². The summed E-state index contributed by atoms with van der Waals surface area (Å²) in [6.45, 7) is 5.38. The van der Waals surface area contributed by atoms with Crippen molar-refractivity contribution < 1.29 is 14.3 Å². The number of hydrogen-bond acceptors (Lipinski definition) is 3. The Morgan fingerprint density at radius 3 is 2.68 bits per heavy atom. The van der Waals surface area contributed by atoms with Gasteiger partial charge in [0.05, 0.1) is 17.9 Å². The maximum absolute atomic E-state index is 11.9. The molecule has 5 heteroatoms. The fraction of sp³-hybridized carbons (Fsp3) is 0.857. The van der Waals surface area contributed by atoms with Gasteiger partial charge in [0.15, 0.2) is 0 Å². The standard InChI is InChI=1S/C14H24N2O3/c1-3-9(2)16-14(18)12-7-11(12)13(17)15-8-10-5-4-6-19-10/h9-12H,3-8H2,1-2H3,(H,15,17)(H,16,18). The highest BCUT2D eigenvalue weighted by Gasteiger charge is 2.48. The molecule has 0 bridgehead atoms. The van der Waals surface area contributed by atoms with Crippen LogP contribution >= 0.6 is 0 Å². The summed E-state index contributed by atoms with van der Waals surface area (Å²) in [6.07, 6.45) is 3.84. The lowest BCUT2D eigenvalue weighted by molar-refractivity contribution is -0.127. The first-order valence-corrected chi connectivity index (χ1v) is 7.31. The minimum Gasteiger partial charge on any atom is -0.376 e. The van der Waals surface area contributed by atoms with Gasteiger partial charge in [-0.2, -0.15) is 0 Å². The van der Waals surface area contributed by atoms with E-state index in [1.807, 2.05) is 13.8 Å². The average molecular weight is 268 g/mol. The van der Waals surface area contributed by atoms with Crippen molar-refractivity contribution in [2.45, 2.75) is 51.7 Å². The van der Waals surface area contributed by atoms with E-state index >= 15 is 0 Å². The number of hydrogen-bond donors (Lipinski definition) is 2. The molecule has 0 radical (unpaired) electrons. The maximum Gasteiger partial charge on any atom is 0.224 e. The van der Waals surface area contributed by atoms with Gasteiger partial charge in [0, 0.05) is 19.2 Å². The van der Waals surface area contributed by atoms with Gasteiger partial charge in [-0.05, 0) is 32.6 Å². The Balaban J connectivity index is 1.66. The summed E-state index contributed by atoms with van der Waals surface area (Å²) in [7, 11) is 0. The molecule has 2 rings (SSSR count). The minimum absolute atomic E-state index is 0.000184. The van der Waals surface area contributed by atoms with Crippen molar-refractivity contribution in [2.24, 2.45) is 11.8 Å². The quantitative estimate of drug-likeness (QED) is 0.750. The van der Waals surface area contributed by atoms with Crippen LogP contribution in [-0.2, 0) is 14.3 Å². The largest absolute Gasteiger partial charge is 0.376 e. The van der Waals surface area contributed by atoms with Gasteiger partial charge in [-0.15, -0.1) is 0 Å². The van der Waals surface area contributed by atoms with Gasteiger partial charge in [0.25, 0.3) is 0 Å². The third-order valence-corrected chi connectivity index (χ3v) is 3.99. The average Bonchev–Trinajstić information content (AvgIpc) is 3.04. The van der Waals surface area contributed by atoms with Crippen molar-refractivity contribution >= 4 is 11.8 Å². The van der Waals surface area contributed by atoms with Gasteiger partial charge in [-0.25, -0.2) is 0 Å². The van der Waals surface area contributed by atoms with Crippen molar-refractivity contribution in [3.8, 4) is 0 Å². The molecule has 1 heterocycles. The van der Waals surface area contributed by atoms with Crippen LogP contribution in [0.5, 0.6) is 0 Å². The Labute approximate surface area is 114 Å². The Bertz CT molecular complexity index is 340. The third kappa shape index (κ3) is 3.93. The van der Waals surface area contributed by atoms with Gasteiger partial charge >= 0.3 is 0 Å². The molecule has 1 saturated carbocycles. The topological polar surface area (TPSA) is 67.4 Å². The predicted molar refractivity (Wildman–Crippen MR) is 71.5 cm³/mol.